The zero-order chi connectivity index (χ0) is 13.0. The molecule has 2 rings (SSSR count). The molecule has 4 unspecified atom stereocenters. The summed E-state index contributed by atoms with van der Waals surface area (Å²) in [5.41, 5.74) is 3.20. The van der Waals surface area contributed by atoms with Crippen molar-refractivity contribution in [2.45, 2.75) is 77.7 Å². The van der Waals surface area contributed by atoms with Crippen molar-refractivity contribution in [3.8, 4) is 0 Å². The monoisotopic (exact) mass is 252 g/mol. The first-order valence-corrected chi connectivity index (χ1v) is 8.18. The molecule has 106 valence electrons. The van der Waals surface area contributed by atoms with E-state index in [9.17, 15) is 0 Å². The molecular weight excluding hydrogens is 220 g/mol. The first kappa shape index (κ1) is 14.3. The van der Waals surface area contributed by atoms with E-state index < -0.39 is 0 Å². The van der Waals surface area contributed by atoms with Gasteiger partial charge in [-0.25, -0.2) is 0 Å². The van der Waals surface area contributed by atoms with Gasteiger partial charge in [0.05, 0.1) is 0 Å². The van der Waals surface area contributed by atoms with Crippen molar-refractivity contribution in [2.24, 2.45) is 29.5 Å². The maximum atomic E-state index is 5.92. The summed E-state index contributed by atoms with van der Waals surface area (Å²) >= 11 is 0. The lowest BCUT2D eigenvalue weighted by Gasteiger charge is -2.39. The highest BCUT2D eigenvalue weighted by molar-refractivity contribution is 4.87. The number of hydrogen-bond acceptors (Lipinski definition) is 2. The maximum absolute atomic E-state index is 5.92. The second-order valence-corrected chi connectivity index (χ2v) is 6.97. The second-order valence-electron chi connectivity index (χ2n) is 6.97. The average Bonchev–Trinajstić information content (AvgIpc) is 2.64. The molecule has 3 N–H and O–H groups in total. The molecule has 0 saturated heterocycles. The molecule has 0 aliphatic heterocycles. The lowest BCUT2D eigenvalue weighted by Crippen LogP contribution is -2.47. The van der Waals surface area contributed by atoms with E-state index in [1.165, 1.54) is 57.8 Å². The van der Waals surface area contributed by atoms with E-state index in [-0.39, 0.29) is 0 Å². The van der Waals surface area contributed by atoms with E-state index in [0.29, 0.717) is 6.04 Å². The molecule has 18 heavy (non-hydrogen) atoms. The molecule has 0 bridgehead atoms. The Labute approximate surface area is 113 Å². The number of hydrogen-bond donors (Lipinski definition) is 2. The Morgan fingerprint density at radius 1 is 0.833 bits per heavy atom. The summed E-state index contributed by atoms with van der Waals surface area (Å²) in [6.07, 6.45) is 12.7. The molecule has 2 heteroatoms. The zero-order valence-corrected chi connectivity index (χ0v) is 12.3. The van der Waals surface area contributed by atoms with Gasteiger partial charge < -0.3 is 0 Å². The Balaban J connectivity index is 1.94. The molecule has 2 nitrogen and oxygen atoms in total. The van der Waals surface area contributed by atoms with Gasteiger partial charge in [-0.05, 0) is 49.4 Å². The molecule has 4 atom stereocenters. The van der Waals surface area contributed by atoms with Crippen LogP contribution in [-0.2, 0) is 0 Å². The fourth-order valence-electron chi connectivity index (χ4n) is 4.24. The Morgan fingerprint density at radius 2 is 1.50 bits per heavy atom. The largest absolute Gasteiger partial charge is 0.271 e. The quantitative estimate of drug-likeness (QED) is 0.455. The third kappa shape index (κ3) is 3.48. The topological polar surface area (TPSA) is 38.0 Å². The molecule has 0 aromatic heterocycles. The first-order chi connectivity index (χ1) is 8.72. The second kappa shape index (κ2) is 6.91. The van der Waals surface area contributed by atoms with Crippen LogP contribution in [0.5, 0.6) is 0 Å². The van der Waals surface area contributed by atoms with Crippen molar-refractivity contribution < 1.29 is 0 Å². The minimum absolute atomic E-state index is 0.582. The van der Waals surface area contributed by atoms with Gasteiger partial charge in [0.25, 0.3) is 0 Å². The summed E-state index contributed by atoms with van der Waals surface area (Å²) in [5.74, 6) is 9.37. The molecule has 0 aromatic carbocycles. The molecule has 0 radical (unpaired) electrons. The van der Waals surface area contributed by atoms with E-state index in [4.69, 9.17) is 5.84 Å². The number of rotatable bonds is 3. The van der Waals surface area contributed by atoms with Gasteiger partial charge in [0.2, 0.25) is 0 Å². The fraction of sp³-hybridized carbons (Fsp3) is 1.00. The van der Waals surface area contributed by atoms with Crippen LogP contribution >= 0.6 is 0 Å². The van der Waals surface area contributed by atoms with Crippen molar-refractivity contribution in [1.29, 1.82) is 0 Å². The predicted octanol–water partition coefficient (Wildman–Crippen LogP) is 3.86. The summed E-state index contributed by atoms with van der Waals surface area (Å²) in [6, 6.07) is 0.582. The fourth-order valence-corrected chi connectivity index (χ4v) is 4.24. The van der Waals surface area contributed by atoms with Crippen molar-refractivity contribution in [3.63, 3.8) is 0 Å². The molecule has 0 amide bonds. The third-order valence-corrected chi connectivity index (χ3v) is 5.75. The molecule has 0 spiro atoms. The average molecular weight is 252 g/mol. The minimum Gasteiger partial charge on any atom is -0.271 e. The summed E-state index contributed by atoms with van der Waals surface area (Å²) in [5, 5.41) is 0. The SMILES string of the molecule is CC1CCC(C(NN)C2CCCCCC2)CC1C. The highest BCUT2D eigenvalue weighted by Gasteiger charge is 2.33. The molecule has 2 aliphatic rings. The summed E-state index contributed by atoms with van der Waals surface area (Å²) in [4.78, 5) is 0. The van der Waals surface area contributed by atoms with Crippen LogP contribution < -0.4 is 11.3 Å². The Morgan fingerprint density at radius 3 is 2.06 bits per heavy atom. The zero-order valence-electron chi connectivity index (χ0n) is 12.3. The van der Waals surface area contributed by atoms with Crippen LogP contribution in [0, 0.1) is 23.7 Å². The highest BCUT2D eigenvalue weighted by Crippen LogP contribution is 2.39. The van der Waals surface area contributed by atoms with Crippen LogP contribution in [0.1, 0.15) is 71.6 Å². The van der Waals surface area contributed by atoms with Crippen LogP contribution in [0.3, 0.4) is 0 Å². The van der Waals surface area contributed by atoms with E-state index in [2.05, 4.69) is 19.3 Å². The number of nitrogens with one attached hydrogen (secondary N) is 1. The van der Waals surface area contributed by atoms with Crippen molar-refractivity contribution in [2.75, 3.05) is 0 Å². The van der Waals surface area contributed by atoms with Crippen molar-refractivity contribution in [3.05, 3.63) is 0 Å². The normalized spacial score (nSPS) is 37.2. The van der Waals surface area contributed by atoms with Gasteiger partial charge in [-0.3, -0.25) is 11.3 Å². The van der Waals surface area contributed by atoms with Crippen LogP contribution in [0.15, 0.2) is 0 Å². The molecule has 0 heterocycles. The Bertz CT molecular complexity index is 233. The van der Waals surface area contributed by atoms with E-state index in [1.54, 1.807) is 0 Å². The smallest absolute Gasteiger partial charge is 0.0267 e. The third-order valence-electron chi connectivity index (χ3n) is 5.75. The van der Waals surface area contributed by atoms with Gasteiger partial charge in [-0.1, -0.05) is 46.0 Å². The van der Waals surface area contributed by atoms with Crippen LogP contribution in [0.4, 0.5) is 0 Å². The molecule has 2 saturated carbocycles. The van der Waals surface area contributed by atoms with Gasteiger partial charge in [0.15, 0.2) is 0 Å². The summed E-state index contributed by atoms with van der Waals surface area (Å²) < 4.78 is 0. The van der Waals surface area contributed by atoms with Crippen LogP contribution in [0.25, 0.3) is 0 Å². The Hall–Kier alpha value is -0.0800. The number of nitrogens with two attached hydrogens (primary N) is 1. The molecule has 0 aromatic rings. The predicted molar refractivity (Wildman–Crippen MR) is 78.0 cm³/mol. The summed E-state index contributed by atoms with van der Waals surface area (Å²) in [6.45, 7) is 4.84. The maximum Gasteiger partial charge on any atom is 0.0267 e. The molecule has 2 aliphatic carbocycles. The highest BCUT2D eigenvalue weighted by atomic mass is 15.2. The summed E-state index contributed by atoms with van der Waals surface area (Å²) in [7, 11) is 0. The molecular formula is C16H32N2. The minimum atomic E-state index is 0.582. The number of hydrazine groups is 1. The lowest BCUT2D eigenvalue weighted by atomic mass is 9.70. The van der Waals surface area contributed by atoms with Gasteiger partial charge in [-0.2, -0.15) is 0 Å². The van der Waals surface area contributed by atoms with Gasteiger partial charge in [0.1, 0.15) is 0 Å². The van der Waals surface area contributed by atoms with Crippen molar-refractivity contribution >= 4 is 0 Å². The van der Waals surface area contributed by atoms with Crippen molar-refractivity contribution in [1.82, 2.24) is 5.43 Å². The standard InChI is InChI=1S/C16H32N2/c1-12-9-10-15(11-13(12)2)16(18-17)14-7-5-3-4-6-8-14/h12-16,18H,3-11,17H2,1-2H3. The van der Waals surface area contributed by atoms with Gasteiger partial charge >= 0.3 is 0 Å². The van der Waals surface area contributed by atoms with Crippen LogP contribution in [-0.4, -0.2) is 6.04 Å². The van der Waals surface area contributed by atoms with E-state index >= 15 is 0 Å². The molecule has 2 fully saturated rings. The van der Waals surface area contributed by atoms with Gasteiger partial charge in [-0.15, -0.1) is 0 Å². The van der Waals surface area contributed by atoms with Gasteiger partial charge in [0, 0.05) is 6.04 Å². The van der Waals surface area contributed by atoms with Crippen LogP contribution in [0.2, 0.25) is 0 Å². The first-order valence-electron chi connectivity index (χ1n) is 8.18. The van der Waals surface area contributed by atoms with E-state index in [1.807, 2.05) is 0 Å². The van der Waals surface area contributed by atoms with E-state index in [0.717, 1.165) is 23.7 Å². The lowest BCUT2D eigenvalue weighted by molar-refractivity contribution is 0.134. The Kier molecular flexibility index (Phi) is 5.50.